The van der Waals surface area contributed by atoms with E-state index in [0.717, 1.165) is 23.7 Å². The molecule has 1 fully saturated rings. The Balaban J connectivity index is 1.50. The van der Waals surface area contributed by atoms with Gasteiger partial charge in [-0.1, -0.05) is 37.5 Å². The summed E-state index contributed by atoms with van der Waals surface area (Å²) in [5, 5.41) is 0.957. The molecule has 1 aromatic heterocycles. The molecule has 6 nitrogen and oxygen atoms in total. The predicted octanol–water partition coefficient (Wildman–Crippen LogP) is 3.14. The van der Waals surface area contributed by atoms with E-state index in [1.165, 1.54) is 30.1 Å². The summed E-state index contributed by atoms with van der Waals surface area (Å²) in [6, 6.07) is 11.4. The highest BCUT2D eigenvalue weighted by atomic mass is 16.7. The number of carbonyl (C=O) groups excluding carboxylic acids is 1. The molecule has 0 bridgehead atoms. The zero-order valence-corrected chi connectivity index (χ0v) is 16.3. The molecule has 0 unspecified atom stereocenters. The average molecular weight is 371 g/mol. The summed E-state index contributed by atoms with van der Waals surface area (Å²) in [5.41, 5.74) is 0.571. The lowest BCUT2D eigenvalue weighted by molar-refractivity contribution is 0.101. The van der Waals surface area contributed by atoms with Gasteiger partial charge in [-0.05, 0) is 25.0 Å². The van der Waals surface area contributed by atoms with Gasteiger partial charge >= 0.3 is 6.03 Å². The molecule has 1 saturated carbocycles. The normalized spacial score (nSPS) is 14.9. The lowest BCUT2D eigenvalue weighted by Gasteiger charge is -2.34. The van der Waals surface area contributed by atoms with Gasteiger partial charge in [-0.15, -0.1) is 4.73 Å². The second-order valence-electron chi connectivity index (χ2n) is 7.32. The number of aromatic nitrogens is 1. The fourth-order valence-corrected chi connectivity index (χ4v) is 3.74. The number of hydrogen-bond donors (Lipinski definition) is 0. The van der Waals surface area contributed by atoms with Crippen LogP contribution in [-0.2, 0) is 0 Å². The van der Waals surface area contributed by atoms with E-state index in [1.54, 1.807) is 11.0 Å². The van der Waals surface area contributed by atoms with Crippen LogP contribution in [0.5, 0.6) is 0 Å². The lowest BCUT2D eigenvalue weighted by Crippen LogP contribution is -2.45. The van der Waals surface area contributed by atoms with Crippen molar-refractivity contribution in [2.75, 3.05) is 27.2 Å². The van der Waals surface area contributed by atoms with Crippen molar-refractivity contribution in [2.24, 2.45) is 0 Å². The molecule has 1 aliphatic carbocycles. The van der Waals surface area contributed by atoms with Crippen molar-refractivity contribution in [1.82, 2.24) is 14.5 Å². The van der Waals surface area contributed by atoms with Crippen LogP contribution in [0.2, 0.25) is 0 Å². The van der Waals surface area contributed by atoms with Crippen LogP contribution < -0.4 is 10.4 Å². The Labute approximate surface area is 160 Å². The molecule has 0 atom stereocenters. The molecular weight excluding hydrogens is 342 g/mol. The van der Waals surface area contributed by atoms with Crippen molar-refractivity contribution in [3.05, 3.63) is 46.8 Å². The monoisotopic (exact) mass is 371 g/mol. The second kappa shape index (κ2) is 8.93. The van der Waals surface area contributed by atoms with Crippen LogP contribution in [0.15, 0.2) is 41.2 Å². The SMILES string of the molecule is CN(CCCOn1c(=O)ccc2ccccc21)C(=O)N(C)C1CCCCC1. The van der Waals surface area contributed by atoms with Gasteiger partial charge in [0.25, 0.3) is 5.56 Å². The van der Waals surface area contributed by atoms with Crippen LogP contribution in [0.1, 0.15) is 38.5 Å². The standard InChI is InChI=1S/C21H29N3O3/c1-22(21(26)23(2)18-10-4-3-5-11-18)15-8-16-27-24-19-12-7-6-9-17(19)13-14-20(24)25/h6-7,9,12-14,18H,3-5,8,10-11,15-16H2,1-2H3. The maximum atomic E-state index is 12.6. The van der Waals surface area contributed by atoms with Crippen molar-refractivity contribution >= 4 is 16.9 Å². The van der Waals surface area contributed by atoms with E-state index in [4.69, 9.17) is 4.84 Å². The molecule has 0 radical (unpaired) electrons. The number of fused-ring (bicyclic) bond motifs is 1. The molecule has 0 N–H and O–H groups in total. The van der Waals surface area contributed by atoms with Crippen LogP contribution in [0.25, 0.3) is 10.9 Å². The Hall–Kier alpha value is -2.50. The molecule has 6 heteroatoms. The van der Waals surface area contributed by atoms with E-state index in [0.29, 0.717) is 25.6 Å². The molecule has 1 heterocycles. The summed E-state index contributed by atoms with van der Waals surface area (Å²) >= 11 is 0. The Bertz CT molecular complexity index is 827. The molecule has 1 aromatic carbocycles. The first-order chi connectivity index (χ1) is 13.1. The Kier molecular flexibility index (Phi) is 6.37. The first-order valence-electron chi connectivity index (χ1n) is 9.80. The number of urea groups is 1. The Morgan fingerprint density at radius 3 is 2.63 bits per heavy atom. The van der Waals surface area contributed by atoms with E-state index in [2.05, 4.69) is 0 Å². The summed E-state index contributed by atoms with van der Waals surface area (Å²) in [6.07, 6.45) is 6.56. The molecule has 2 aromatic rings. The third kappa shape index (κ3) is 4.62. The van der Waals surface area contributed by atoms with Crippen molar-refractivity contribution < 1.29 is 9.63 Å². The van der Waals surface area contributed by atoms with E-state index in [-0.39, 0.29) is 11.6 Å². The highest BCUT2D eigenvalue weighted by Gasteiger charge is 2.24. The first-order valence-corrected chi connectivity index (χ1v) is 9.80. The molecule has 0 saturated heterocycles. The van der Waals surface area contributed by atoms with Gasteiger partial charge in [0.05, 0.1) is 5.52 Å². The molecule has 2 amide bonds. The molecule has 1 aliphatic rings. The molecular formula is C21H29N3O3. The summed E-state index contributed by atoms with van der Waals surface area (Å²) in [7, 11) is 3.73. The highest BCUT2D eigenvalue weighted by molar-refractivity contribution is 5.78. The van der Waals surface area contributed by atoms with Gasteiger partial charge in [0, 0.05) is 44.6 Å². The third-order valence-corrected chi connectivity index (χ3v) is 5.37. The molecule has 27 heavy (non-hydrogen) atoms. The van der Waals surface area contributed by atoms with Crippen molar-refractivity contribution in [3.8, 4) is 0 Å². The van der Waals surface area contributed by atoms with Crippen molar-refractivity contribution in [1.29, 1.82) is 0 Å². The summed E-state index contributed by atoms with van der Waals surface area (Å²) in [5.74, 6) is 0. The summed E-state index contributed by atoms with van der Waals surface area (Å²) < 4.78 is 1.34. The number of rotatable bonds is 6. The van der Waals surface area contributed by atoms with Crippen molar-refractivity contribution in [3.63, 3.8) is 0 Å². The maximum Gasteiger partial charge on any atom is 0.319 e. The third-order valence-electron chi connectivity index (χ3n) is 5.37. The number of pyridine rings is 1. The van der Waals surface area contributed by atoms with Crippen LogP contribution in [0.3, 0.4) is 0 Å². The average Bonchev–Trinajstić information content (AvgIpc) is 2.71. The van der Waals surface area contributed by atoms with Gasteiger partial charge < -0.3 is 14.6 Å². The van der Waals surface area contributed by atoms with Crippen LogP contribution in [0, 0.1) is 0 Å². The quantitative estimate of drug-likeness (QED) is 0.733. The van der Waals surface area contributed by atoms with E-state index in [9.17, 15) is 9.59 Å². The van der Waals surface area contributed by atoms with E-state index >= 15 is 0 Å². The van der Waals surface area contributed by atoms with Crippen LogP contribution in [-0.4, -0.2) is 53.9 Å². The number of hydrogen-bond acceptors (Lipinski definition) is 3. The highest BCUT2D eigenvalue weighted by Crippen LogP contribution is 2.22. The number of nitrogens with zero attached hydrogens (tertiary/aromatic N) is 3. The Morgan fingerprint density at radius 2 is 1.85 bits per heavy atom. The summed E-state index contributed by atoms with van der Waals surface area (Å²) in [4.78, 5) is 34.0. The largest absolute Gasteiger partial charge is 0.410 e. The van der Waals surface area contributed by atoms with Gasteiger partial charge in [-0.2, -0.15) is 0 Å². The van der Waals surface area contributed by atoms with Gasteiger partial charge in [0.2, 0.25) is 0 Å². The zero-order valence-electron chi connectivity index (χ0n) is 16.3. The molecule has 0 spiro atoms. The first kappa shape index (κ1) is 19.3. The lowest BCUT2D eigenvalue weighted by atomic mass is 9.95. The zero-order chi connectivity index (χ0) is 19.2. The minimum Gasteiger partial charge on any atom is -0.410 e. The number of amides is 2. The van der Waals surface area contributed by atoms with Gasteiger partial charge in [0.1, 0.15) is 6.61 Å². The smallest absolute Gasteiger partial charge is 0.319 e. The van der Waals surface area contributed by atoms with Crippen molar-refractivity contribution in [2.45, 2.75) is 44.6 Å². The number of carbonyl (C=O) groups is 1. The van der Waals surface area contributed by atoms with E-state index in [1.807, 2.05) is 43.3 Å². The topological polar surface area (TPSA) is 54.8 Å². The number of para-hydroxylation sites is 1. The predicted molar refractivity (Wildman–Crippen MR) is 107 cm³/mol. The number of benzene rings is 1. The molecule has 146 valence electrons. The molecule has 0 aliphatic heterocycles. The van der Waals surface area contributed by atoms with Crippen LogP contribution in [0.4, 0.5) is 4.79 Å². The fourth-order valence-electron chi connectivity index (χ4n) is 3.74. The summed E-state index contributed by atoms with van der Waals surface area (Å²) in [6.45, 7) is 0.966. The van der Waals surface area contributed by atoms with E-state index < -0.39 is 0 Å². The minimum absolute atomic E-state index is 0.0595. The van der Waals surface area contributed by atoms with Gasteiger partial charge in [-0.3, -0.25) is 4.79 Å². The Morgan fingerprint density at radius 1 is 1.11 bits per heavy atom. The second-order valence-corrected chi connectivity index (χ2v) is 7.32. The van der Waals surface area contributed by atoms with Gasteiger partial charge in [0.15, 0.2) is 0 Å². The van der Waals surface area contributed by atoms with Gasteiger partial charge in [-0.25, -0.2) is 4.79 Å². The maximum absolute atomic E-state index is 12.6. The fraction of sp³-hybridized carbons (Fsp3) is 0.524. The molecule has 3 rings (SSSR count). The van der Waals surface area contributed by atoms with Crippen LogP contribution >= 0.6 is 0 Å². The minimum atomic E-state index is -0.185.